The number of ketones is 1. The van der Waals surface area contributed by atoms with Gasteiger partial charge >= 0.3 is 0 Å². The van der Waals surface area contributed by atoms with Crippen molar-refractivity contribution in [1.29, 1.82) is 0 Å². The van der Waals surface area contributed by atoms with Crippen molar-refractivity contribution in [1.82, 2.24) is 0 Å². The summed E-state index contributed by atoms with van der Waals surface area (Å²) in [5.74, 6) is 0.886. The van der Waals surface area contributed by atoms with Gasteiger partial charge in [0.05, 0.1) is 18.5 Å². The Labute approximate surface area is 98.2 Å². The van der Waals surface area contributed by atoms with E-state index in [4.69, 9.17) is 9.15 Å². The highest BCUT2D eigenvalue weighted by atomic mass is 16.5. The van der Waals surface area contributed by atoms with Gasteiger partial charge in [0.25, 0.3) is 0 Å². The van der Waals surface area contributed by atoms with Crippen molar-refractivity contribution in [2.45, 2.75) is 6.10 Å². The van der Waals surface area contributed by atoms with Gasteiger partial charge < -0.3 is 14.5 Å². The zero-order valence-electron chi connectivity index (χ0n) is 9.05. The van der Waals surface area contributed by atoms with E-state index >= 15 is 0 Å². The van der Waals surface area contributed by atoms with E-state index in [2.05, 4.69) is 5.32 Å². The third-order valence-electron chi connectivity index (χ3n) is 2.69. The molecule has 0 spiro atoms. The van der Waals surface area contributed by atoms with Crippen LogP contribution in [0.2, 0.25) is 0 Å². The Kier molecular flexibility index (Phi) is 2.33. The van der Waals surface area contributed by atoms with Gasteiger partial charge in [-0.1, -0.05) is 12.1 Å². The zero-order valence-corrected chi connectivity index (χ0v) is 9.05. The molecule has 2 heterocycles. The van der Waals surface area contributed by atoms with Crippen LogP contribution in [-0.4, -0.2) is 18.4 Å². The Morgan fingerprint density at radius 3 is 2.94 bits per heavy atom. The standard InChI is InChI=1S/C13H11NO3/c15-13(11-6-3-7-16-11)12-8-14-9-4-1-2-5-10(9)17-12/h1-7,12,14H,8H2. The number of hydrogen-bond acceptors (Lipinski definition) is 4. The smallest absolute Gasteiger partial charge is 0.240 e. The maximum absolute atomic E-state index is 12.0. The second-order valence-electron chi connectivity index (χ2n) is 3.83. The fourth-order valence-corrected chi connectivity index (χ4v) is 1.84. The quantitative estimate of drug-likeness (QED) is 0.803. The summed E-state index contributed by atoms with van der Waals surface area (Å²) in [6.45, 7) is 0.455. The number of hydrogen-bond donors (Lipinski definition) is 1. The summed E-state index contributed by atoms with van der Waals surface area (Å²) >= 11 is 0. The molecule has 1 aromatic heterocycles. The Morgan fingerprint density at radius 1 is 1.24 bits per heavy atom. The van der Waals surface area contributed by atoms with Crippen molar-refractivity contribution in [3.63, 3.8) is 0 Å². The molecule has 4 nitrogen and oxygen atoms in total. The lowest BCUT2D eigenvalue weighted by Gasteiger charge is -2.25. The number of benzene rings is 1. The molecule has 1 aliphatic rings. The fourth-order valence-electron chi connectivity index (χ4n) is 1.84. The minimum Gasteiger partial charge on any atom is -0.478 e. The van der Waals surface area contributed by atoms with Crippen LogP contribution < -0.4 is 10.1 Å². The molecule has 0 amide bonds. The van der Waals surface area contributed by atoms with Crippen molar-refractivity contribution >= 4 is 11.5 Å². The van der Waals surface area contributed by atoms with Crippen molar-refractivity contribution in [2.24, 2.45) is 0 Å². The molecule has 1 unspecified atom stereocenters. The minimum atomic E-state index is -0.531. The summed E-state index contributed by atoms with van der Waals surface area (Å²) in [5, 5.41) is 3.17. The van der Waals surface area contributed by atoms with Gasteiger partial charge in [0.15, 0.2) is 11.9 Å². The predicted octanol–water partition coefficient (Wildman–Crippen LogP) is 2.34. The van der Waals surface area contributed by atoms with Gasteiger partial charge in [-0.3, -0.25) is 4.79 Å². The molecule has 86 valence electrons. The molecule has 4 heteroatoms. The van der Waals surface area contributed by atoms with Gasteiger partial charge in [0.1, 0.15) is 5.75 Å². The normalized spacial score (nSPS) is 17.8. The summed E-state index contributed by atoms with van der Waals surface area (Å²) in [6.07, 6.45) is 0.952. The number of Topliss-reactive ketones (excluding diaryl/α,β-unsaturated/α-hetero) is 1. The Bertz CT molecular complexity index is 533. The Morgan fingerprint density at radius 2 is 2.12 bits per heavy atom. The Balaban J connectivity index is 1.83. The first-order valence-electron chi connectivity index (χ1n) is 5.42. The number of furan rings is 1. The number of para-hydroxylation sites is 2. The van der Waals surface area contributed by atoms with Crippen molar-refractivity contribution in [3.05, 3.63) is 48.4 Å². The molecular weight excluding hydrogens is 218 g/mol. The topological polar surface area (TPSA) is 51.5 Å². The van der Waals surface area contributed by atoms with Crippen LogP contribution in [0.5, 0.6) is 5.75 Å². The number of ether oxygens (including phenoxy) is 1. The molecule has 1 N–H and O–H groups in total. The molecule has 17 heavy (non-hydrogen) atoms. The summed E-state index contributed by atoms with van der Waals surface area (Å²) in [6, 6.07) is 10.9. The van der Waals surface area contributed by atoms with Gasteiger partial charge in [-0.2, -0.15) is 0 Å². The van der Waals surface area contributed by atoms with Crippen LogP contribution in [0.1, 0.15) is 10.6 Å². The van der Waals surface area contributed by atoms with Crippen LogP contribution in [0.3, 0.4) is 0 Å². The molecule has 1 atom stereocenters. The first-order chi connectivity index (χ1) is 8.34. The maximum atomic E-state index is 12.0. The average Bonchev–Trinajstić information content (AvgIpc) is 2.91. The molecule has 1 aliphatic heterocycles. The van der Waals surface area contributed by atoms with E-state index in [1.165, 1.54) is 6.26 Å². The number of rotatable bonds is 2. The monoisotopic (exact) mass is 229 g/mol. The molecule has 0 fully saturated rings. The lowest BCUT2D eigenvalue weighted by molar-refractivity contribution is 0.0772. The van der Waals surface area contributed by atoms with Crippen LogP contribution in [-0.2, 0) is 0 Å². The van der Waals surface area contributed by atoms with E-state index in [-0.39, 0.29) is 5.78 Å². The van der Waals surface area contributed by atoms with E-state index in [0.717, 1.165) is 5.69 Å². The summed E-state index contributed by atoms with van der Waals surface area (Å²) in [7, 11) is 0. The number of carbonyl (C=O) groups is 1. The molecule has 0 saturated heterocycles. The van der Waals surface area contributed by atoms with Gasteiger partial charge in [-0.05, 0) is 24.3 Å². The third kappa shape index (κ3) is 1.78. The van der Waals surface area contributed by atoms with Gasteiger partial charge in [-0.15, -0.1) is 0 Å². The number of fused-ring (bicyclic) bond motifs is 1. The van der Waals surface area contributed by atoms with Crippen LogP contribution in [0.15, 0.2) is 47.1 Å². The van der Waals surface area contributed by atoms with E-state index < -0.39 is 6.10 Å². The van der Waals surface area contributed by atoms with Gasteiger partial charge in [-0.25, -0.2) is 0 Å². The highest BCUT2D eigenvalue weighted by Crippen LogP contribution is 2.29. The second-order valence-corrected chi connectivity index (χ2v) is 3.83. The van der Waals surface area contributed by atoms with Gasteiger partial charge in [0, 0.05) is 0 Å². The van der Waals surface area contributed by atoms with E-state index in [1.807, 2.05) is 24.3 Å². The van der Waals surface area contributed by atoms with E-state index in [0.29, 0.717) is 18.1 Å². The first kappa shape index (κ1) is 9.96. The molecule has 1 aromatic carbocycles. The Hall–Kier alpha value is -2.23. The minimum absolute atomic E-state index is 0.142. The fraction of sp³-hybridized carbons (Fsp3) is 0.154. The second kappa shape index (κ2) is 3.97. The van der Waals surface area contributed by atoms with Crippen LogP contribution >= 0.6 is 0 Å². The summed E-state index contributed by atoms with van der Waals surface area (Å²) in [5.41, 5.74) is 0.913. The highest BCUT2D eigenvalue weighted by Gasteiger charge is 2.28. The van der Waals surface area contributed by atoms with Crippen molar-refractivity contribution in [2.75, 3.05) is 11.9 Å². The zero-order chi connectivity index (χ0) is 11.7. The van der Waals surface area contributed by atoms with Gasteiger partial charge in [0.2, 0.25) is 5.78 Å². The van der Waals surface area contributed by atoms with Crippen molar-refractivity contribution < 1.29 is 13.9 Å². The first-order valence-corrected chi connectivity index (χ1v) is 5.42. The molecule has 0 radical (unpaired) electrons. The summed E-state index contributed by atoms with van der Waals surface area (Å²) in [4.78, 5) is 12.0. The van der Waals surface area contributed by atoms with Crippen LogP contribution in [0.25, 0.3) is 0 Å². The largest absolute Gasteiger partial charge is 0.478 e. The maximum Gasteiger partial charge on any atom is 0.240 e. The van der Waals surface area contributed by atoms with Crippen molar-refractivity contribution in [3.8, 4) is 5.75 Å². The SMILES string of the molecule is O=C(c1ccco1)C1CNc2ccccc2O1. The number of carbonyl (C=O) groups excluding carboxylic acids is 1. The van der Waals surface area contributed by atoms with Crippen LogP contribution in [0, 0.1) is 0 Å². The number of anilines is 1. The number of nitrogens with one attached hydrogen (secondary N) is 1. The highest BCUT2D eigenvalue weighted by molar-refractivity contribution is 5.98. The molecule has 0 saturated carbocycles. The summed E-state index contributed by atoms with van der Waals surface area (Å²) < 4.78 is 10.7. The van der Waals surface area contributed by atoms with E-state index in [9.17, 15) is 4.79 Å². The molecule has 2 aromatic rings. The molecule has 0 aliphatic carbocycles. The lowest BCUT2D eigenvalue weighted by atomic mass is 10.1. The molecular formula is C13H11NO3. The molecule has 3 rings (SSSR count). The van der Waals surface area contributed by atoms with E-state index in [1.54, 1.807) is 12.1 Å². The predicted molar refractivity (Wildman–Crippen MR) is 62.4 cm³/mol. The molecule has 0 bridgehead atoms. The van der Waals surface area contributed by atoms with Crippen LogP contribution in [0.4, 0.5) is 5.69 Å². The lowest BCUT2D eigenvalue weighted by Crippen LogP contribution is -2.37. The average molecular weight is 229 g/mol. The third-order valence-corrected chi connectivity index (χ3v) is 2.69.